The van der Waals surface area contributed by atoms with Crippen LogP contribution in [0.4, 0.5) is 0 Å². The third kappa shape index (κ3) is 3.11. The van der Waals surface area contributed by atoms with E-state index in [1.165, 1.54) is 0 Å². The molecule has 0 radical (unpaired) electrons. The molecule has 1 heterocycles. The number of benzene rings is 2. The van der Waals surface area contributed by atoms with Crippen molar-refractivity contribution >= 4 is 16.8 Å². The molecular formula is C23H25NO4. The van der Waals surface area contributed by atoms with E-state index in [1.54, 1.807) is 0 Å². The number of ketones is 1. The fourth-order valence-corrected chi connectivity index (χ4v) is 3.87. The highest BCUT2D eigenvalue weighted by Gasteiger charge is 2.41. The van der Waals surface area contributed by atoms with Crippen LogP contribution in [-0.4, -0.2) is 37.2 Å². The van der Waals surface area contributed by atoms with Gasteiger partial charge in [0, 0.05) is 29.5 Å². The van der Waals surface area contributed by atoms with Crippen LogP contribution in [0.25, 0.3) is 11.0 Å². The van der Waals surface area contributed by atoms with Crippen LogP contribution in [0.2, 0.25) is 0 Å². The number of furan rings is 1. The van der Waals surface area contributed by atoms with E-state index >= 15 is 0 Å². The Hall–Kier alpha value is -2.63. The van der Waals surface area contributed by atoms with Crippen molar-refractivity contribution in [3.05, 3.63) is 64.9 Å². The van der Waals surface area contributed by atoms with E-state index in [2.05, 4.69) is 19.2 Å². The van der Waals surface area contributed by atoms with E-state index in [1.807, 2.05) is 42.5 Å². The Labute approximate surface area is 164 Å². The molecule has 0 saturated heterocycles. The maximum atomic E-state index is 13.2. The molecule has 1 aliphatic carbocycles. The molecule has 0 fully saturated rings. The van der Waals surface area contributed by atoms with E-state index in [0.29, 0.717) is 30.0 Å². The van der Waals surface area contributed by atoms with Crippen molar-refractivity contribution < 1.29 is 19.1 Å². The first-order valence-electron chi connectivity index (χ1n) is 9.69. The van der Waals surface area contributed by atoms with Crippen LogP contribution in [0.1, 0.15) is 47.5 Å². The molecule has 0 saturated carbocycles. The van der Waals surface area contributed by atoms with E-state index in [-0.39, 0.29) is 12.4 Å². The number of carbonyl (C=O) groups is 1. The predicted octanol–water partition coefficient (Wildman–Crippen LogP) is 3.65. The van der Waals surface area contributed by atoms with Gasteiger partial charge in [-0.1, -0.05) is 18.2 Å². The first kappa shape index (κ1) is 18.7. The van der Waals surface area contributed by atoms with Gasteiger partial charge in [0.15, 0.2) is 5.78 Å². The van der Waals surface area contributed by atoms with E-state index in [9.17, 15) is 4.79 Å². The van der Waals surface area contributed by atoms with Crippen LogP contribution in [0, 0.1) is 0 Å². The number of fused-ring (bicyclic) bond motifs is 4. The summed E-state index contributed by atoms with van der Waals surface area (Å²) in [5.74, 6) is 1.46. The molecule has 5 nitrogen and oxygen atoms in total. The number of hydrogen-bond donors (Lipinski definition) is 2. The van der Waals surface area contributed by atoms with Gasteiger partial charge in [-0.05, 0) is 56.6 Å². The summed E-state index contributed by atoms with van der Waals surface area (Å²) in [7, 11) is 0. The lowest BCUT2D eigenvalue weighted by Gasteiger charge is -2.30. The zero-order valence-electron chi connectivity index (χ0n) is 16.2. The van der Waals surface area contributed by atoms with Crippen molar-refractivity contribution in [2.45, 2.75) is 25.7 Å². The third-order valence-corrected chi connectivity index (χ3v) is 5.36. The van der Waals surface area contributed by atoms with Gasteiger partial charge in [-0.2, -0.15) is 0 Å². The molecule has 0 spiro atoms. The molecule has 5 heteroatoms. The van der Waals surface area contributed by atoms with Crippen molar-refractivity contribution in [1.29, 1.82) is 0 Å². The van der Waals surface area contributed by atoms with E-state index in [0.717, 1.165) is 35.2 Å². The van der Waals surface area contributed by atoms with Gasteiger partial charge in [0.1, 0.15) is 23.7 Å². The smallest absolute Gasteiger partial charge is 0.197 e. The standard InChI is InChI=1S/C23H25NO4/c1-23(2)18-14-15(27-13-11-24-10-5-12-25)8-9-16(18)21(26)20-17-6-3-4-7-19(17)28-22(20)23/h3-4,6-9,14,24-25H,5,10-13H2,1-2H3. The molecular weight excluding hydrogens is 354 g/mol. The minimum absolute atomic E-state index is 0.00601. The van der Waals surface area contributed by atoms with Gasteiger partial charge in [-0.15, -0.1) is 0 Å². The zero-order chi connectivity index (χ0) is 19.7. The number of ether oxygens (including phenoxy) is 1. The van der Waals surface area contributed by atoms with Crippen molar-refractivity contribution in [1.82, 2.24) is 5.32 Å². The number of rotatable bonds is 7. The minimum atomic E-state index is -0.434. The maximum absolute atomic E-state index is 13.2. The average Bonchev–Trinajstić information content (AvgIpc) is 3.10. The average molecular weight is 379 g/mol. The number of hydrogen-bond acceptors (Lipinski definition) is 5. The van der Waals surface area contributed by atoms with E-state index < -0.39 is 5.41 Å². The molecule has 28 heavy (non-hydrogen) atoms. The molecule has 4 rings (SSSR count). The summed E-state index contributed by atoms with van der Waals surface area (Å²) in [6.45, 7) is 6.34. The van der Waals surface area contributed by atoms with Gasteiger partial charge >= 0.3 is 0 Å². The molecule has 0 unspecified atom stereocenters. The lowest BCUT2D eigenvalue weighted by molar-refractivity contribution is 0.102. The zero-order valence-corrected chi connectivity index (χ0v) is 16.2. The molecule has 2 N–H and O–H groups in total. The van der Waals surface area contributed by atoms with Crippen molar-refractivity contribution in [3.63, 3.8) is 0 Å². The Morgan fingerprint density at radius 2 is 1.96 bits per heavy atom. The van der Waals surface area contributed by atoms with Gasteiger partial charge in [0.25, 0.3) is 0 Å². The van der Waals surface area contributed by atoms with Gasteiger partial charge in [0.2, 0.25) is 0 Å². The topological polar surface area (TPSA) is 71.7 Å². The quantitative estimate of drug-likeness (QED) is 0.613. The highest BCUT2D eigenvalue weighted by molar-refractivity contribution is 6.19. The Bertz CT molecular complexity index is 1020. The fraction of sp³-hybridized carbons (Fsp3) is 0.348. The summed E-state index contributed by atoms with van der Waals surface area (Å²) in [5, 5.41) is 12.9. The molecule has 1 aliphatic rings. The number of carbonyl (C=O) groups excluding carboxylic acids is 1. The van der Waals surface area contributed by atoms with Crippen LogP contribution in [0.15, 0.2) is 46.9 Å². The molecule has 0 aliphatic heterocycles. The summed E-state index contributed by atoms with van der Waals surface area (Å²) in [4.78, 5) is 13.2. The summed E-state index contributed by atoms with van der Waals surface area (Å²) in [6.07, 6.45) is 0.731. The highest BCUT2D eigenvalue weighted by atomic mass is 16.5. The Morgan fingerprint density at radius 1 is 1.14 bits per heavy atom. The van der Waals surface area contributed by atoms with Gasteiger partial charge in [0.05, 0.1) is 5.56 Å². The normalized spacial score (nSPS) is 14.8. The molecule has 3 aromatic rings. The van der Waals surface area contributed by atoms with Crippen molar-refractivity contribution in [3.8, 4) is 5.75 Å². The second kappa shape index (κ2) is 7.41. The Balaban J connectivity index is 1.62. The lowest BCUT2D eigenvalue weighted by Crippen LogP contribution is -2.29. The predicted molar refractivity (Wildman–Crippen MR) is 108 cm³/mol. The monoisotopic (exact) mass is 379 g/mol. The van der Waals surface area contributed by atoms with Crippen LogP contribution in [0.5, 0.6) is 5.75 Å². The van der Waals surface area contributed by atoms with Gasteiger partial charge in [-0.25, -0.2) is 0 Å². The molecule has 0 amide bonds. The highest BCUT2D eigenvalue weighted by Crippen LogP contribution is 2.46. The molecule has 0 bridgehead atoms. The molecule has 0 atom stereocenters. The summed E-state index contributed by atoms with van der Waals surface area (Å²) < 4.78 is 12.0. The summed E-state index contributed by atoms with van der Waals surface area (Å²) in [5.41, 5.74) is 2.62. The van der Waals surface area contributed by atoms with Gasteiger partial charge < -0.3 is 19.6 Å². The van der Waals surface area contributed by atoms with Crippen LogP contribution in [0.3, 0.4) is 0 Å². The lowest BCUT2D eigenvalue weighted by atomic mass is 9.72. The Kier molecular flexibility index (Phi) is 4.96. The number of aliphatic hydroxyl groups is 1. The number of para-hydroxylation sites is 1. The largest absolute Gasteiger partial charge is 0.492 e. The molecule has 1 aromatic heterocycles. The first-order chi connectivity index (χ1) is 13.5. The van der Waals surface area contributed by atoms with E-state index in [4.69, 9.17) is 14.3 Å². The summed E-state index contributed by atoms with van der Waals surface area (Å²) >= 11 is 0. The summed E-state index contributed by atoms with van der Waals surface area (Å²) in [6, 6.07) is 13.4. The van der Waals surface area contributed by atoms with Crippen LogP contribution < -0.4 is 10.1 Å². The third-order valence-electron chi connectivity index (χ3n) is 5.36. The second-order valence-corrected chi connectivity index (χ2v) is 7.64. The van der Waals surface area contributed by atoms with Gasteiger partial charge in [-0.3, -0.25) is 4.79 Å². The number of nitrogens with one attached hydrogen (secondary N) is 1. The number of aliphatic hydroxyl groups excluding tert-OH is 1. The SMILES string of the molecule is CC1(C)c2cc(OCCNCCCO)ccc2C(=O)c2c1oc1ccccc21. The van der Waals surface area contributed by atoms with Crippen LogP contribution in [-0.2, 0) is 5.41 Å². The first-order valence-corrected chi connectivity index (χ1v) is 9.69. The fourth-order valence-electron chi connectivity index (χ4n) is 3.87. The van der Waals surface area contributed by atoms with Crippen molar-refractivity contribution in [2.75, 3.05) is 26.3 Å². The maximum Gasteiger partial charge on any atom is 0.197 e. The second-order valence-electron chi connectivity index (χ2n) is 7.64. The van der Waals surface area contributed by atoms with Crippen LogP contribution >= 0.6 is 0 Å². The molecule has 2 aromatic carbocycles. The minimum Gasteiger partial charge on any atom is -0.492 e. The van der Waals surface area contributed by atoms with Crippen molar-refractivity contribution in [2.24, 2.45) is 0 Å². The molecule has 146 valence electrons. The Morgan fingerprint density at radius 3 is 2.79 bits per heavy atom.